The van der Waals surface area contributed by atoms with Gasteiger partial charge in [0.2, 0.25) is 0 Å². The van der Waals surface area contributed by atoms with E-state index in [4.69, 9.17) is 4.74 Å². The van der Waals surface area contributed by atoms with Crippen LogP contribution >= 0.6 is 0 Å². The van der Waals surface area contributed by atoms with Gasteiger partial charge in [0.15, 0.2) is 6.29 Å². The van der Waals surface area contributed by atoms with E-state index in [0.29, 0.717) is 11.3 Å². The molecule has 0 saturated carbocycles. The summed E-state index contributed by atoms with van der Waals surface area (Å²) < 4.78 is 5.83. The molecule has 0 heterocycles. The average Bonchev–Trinajstić information content (AvgIpc) is 2.13. The van der Waals surface area contributed by atoms with E-state index in [0.717, 1.165) is 6.29 Å². The van der Waals surface area contributed by atoms with Crippen molar-refractivity contribution in [3.8, 4) is 5.75 Å². The molecule has 0 radical (unpaired) electrons. The lowest BCUT2D eigenvalue weighted by Gasteiger charge is -2.25. The van der Waals surface area contributed by atoms with Crippen molar-refractivity contribution in [2.45, 2.75) is 52.6 Å². The van der Waals surface area contributed by atoms with Gasteiger partial charge >= 0.3 is 0 Å². The van der Waals surface area contributed by atoms with Gasteiger partial charge in [0.05, 0.1) is 5.56 Å². The molecule has 1 aromatic carbocycles. The van der Waals surface area contributed by atoms with E-state index in [1.165, 1.54) is 5.56 Å². The van der Waals surface area contributed by atoms with Crippen LogP contribution in [0.4, 0.5) is 0 Å². The van der Waals surface area contributed by atoms with E-state index in [9.17, 15) is 4.79 Å². The molecule has 0 N–H and O–H groups in total. The predicted molar refractivity (Wildman–Crippen MR) is 70.9 cm³/mol. The first-order chi connectivity index (χ1) is 7.63. The molecular weight excluding hydrogens is 212 g/mol. The fraction of sp³-hybridized carbons (Fsp3) is 0.533. The molecule has 0 spiro atoms. The molecule has 0 aromatic heterocycles. The molecule has 0 bridgehead atoms. The van der Waals surface area contributed by atoms with Gasteiger partial charge in [0.1, 0.15) is 11.4 Å². The van der Waals surface area contributed by atoms with Crippen molar-refractivity contribution in [2.75, 3.05) is 0 Å². The van der Waals surface area contributed by atoms with Crippen molar-refractivity contribution in [3.05, 3.63) is 29.3 Å². The van der Waals surface area contributed by atoms with E-state index in [2.05, 4.69) is 20.8 Å². The minimum absolute atomic E-state index is 0.0530. The molecule has 17 heavy (non-hydrogen) atoms. The van der Waals surface area contributed by atoms with Crippen molar-refractivity contribution in [2.24, 2.45) is 0 Å². The topological polar surface area (TPSA) is 26.3 Å². The third-order valence-electron chi connectivity index (χ3n) is 2.42. The highest BCUT2D eigenvalue weighted by atomic mass is 16.5. The van der Waals surface area contributed by atoms with Crippen LogP contribution in [0.5, 0.6) is 5.75 Å². The van der Waals surface area contributed by atoms with Crippen molar-refractivity contribution in [1.82, 2.24) is 0 Å². The van der Waals surface area contributed by atoms with Crippen molar-refractivity contribution in [3.63, 3.8) is 0 Å². The monoisotopic (exact) mass is 234 g/mol. The van der Waals surface area contributed by atoms with Gasteiger partial charge in [0, 0.05) is 0 Å². The van der Waals surface area contributed by atoms with Crippen LogP contribution in [-0.4, -0.2) is 11.9 Å². The summed E-state index contributed by atoms with van der Waals surface area (Å²) in [6, 6.07) is 5.78. The van der Waals surface area contributed by atoms with Gasteiger partial charge in [-0.3, -0.25) is 4.79 Å². The summed E-state index contributed by atoms with van der Waals surface area (Å²) in [7, 11) is 0. The maximum Gasteiger partial charge on any atom is 0.153 e. The van der Waals surface area contributed by atoms with E-state index in [-0.39, 0.29) is 11.0 Å². The second kappa shape index (κ2) is 4.52. The maximum absolute atomic E-state index is 11.0. The third-order valence-corrected chi connectivity index (χ3v) is 2.42. The Morgan fingerprint density at radius 3 is 2.06 bits per heavy atom. The van der Waals surface area contributed by atoms with Crippen molar-refractivity contribution in [1.29, 1.82) is 0 Å². The highest BCUT2D eigenvalue weighted by Crippen LogP contribution is 2.29. The van der Waals surface area contributed by atoms with Crippen LogP contribution in [0, 0.1) is 0 Å². The number of ether oxygens (including phenoxy) is 1. The van der Waals surface area contributed by atoms with Crippen LogP contribution in [0.2, 0.25) is 0 Å². The summed E-state index contributed by atoms with van der Waals surface area (Å²) in [6.45, 7) is 12.4. The average molecular weight is 234 g/mol. The molecule has 0 aliphatic rings. The lowest BCUT2D eigenvalue weighted by Crippen LogP contribution is -2.24. The molecule has 0 unspecified atom stereocenters. The Bertz CT molecular complexity index is 406. The first kappa shape index (κ1) is 13.8. The zero-order chi connectivity index (χ0) is 13.3. The van der Waals surface area contributed by atoms with Crippen LogP contribution in [0.1, 0.15) is 57.5 Å². The minimum Gasteiger partial charge on any atom is -0.487 e. The van der Waals surface area contributed by atoms with Gasteiger partial charge in [-0.2, -0.15) is 0 Å². The zero-order valence-electron chi connectivity index (χ0n) is 11.6. The van der Waals surface area contributed by atoms with Gasteiger partial charge < -0.3 is 4.74 Å². The van der Waals surface area contributed by atoms with Crippen LogP contribution < -0.4 is 4.74 Å². The Hall–Kier alpha value is -1.31. The Kier molecular flexibility index (Phi) is 3.65. The van der Waals surface area contributed by atoms with Gasteiger partial charge in [0.25, 0.3) is 0 Å². The highest BCUT2D eigenvalue weighted by molar-refractivity contribution is 5.79. The fourth-order valence-electron chi connectivity index (χ4n) is 1.52. The van der Waals surface area contributed by atoms with Gasteiger partial charge in [-0.25, -0.2) is 0 Å². The number of rotatable bonds is 2. The molecule has 0 aliphatic carbocycles. The molecule has 1 rings (SSSR count). The summed E-state index contributed by atoms with van der Waals surface area (Å²) in [5, 5.41) is 0. The van der Waals surface area contributed by atoms with Crippen LogP contribution in [0.3, 0.4) is 0 Å². The normalized spacial score (nSPS) is 12.4. The summed E-state index contributed by atoms with van der Waals surface area (Å²) >= 11 is 0. The number of hydrogen-bond acceptors (Lipinski definition) is 2. The number of aldehydes is 1. The lowest BCUT2D eigenvalue weighted by atomic mass is 9.86. The summed E-state index contributed by atoms with van der Waals surface area (Å²) in [5.41, 5.74) is 1.53. The third kappa shape index (κ3) is 3.88. The molecule has 0 amide bonds. The molecule has 0 fully saturated rings. The minimum atomic E-state index is -0.297. The lowest BCUT2D eigenvalue weighted by molar-refractivity contribution is 0.109. The van der Waals surface area contributed by atoms with Crippen molar-refractivity contribution < 1.29 is 9.53 Å². The number of benzene rings is 1. The Morgan fingerprint density at radius 2 is 1.65 bits per heavy atom. The fourth-order valence-corrected chi connectivity index (χ4v) is 1.52. The molecule has 1 aromatic rings. The molecule has 2 heteroatoms. The Balaban J connectivity index is 3.20. The SMILES string of the molecule is CC(C)(C)Oc1cc(C(C)(C)C)ccc1C=O. The van der Waals surface area contributed by atoms with Gasteiger partial charge in [-0.1, -0.05) is 26.8 Å². The number of carbonyl (C=O) groups is 1. The first-order valence-electron chi connectivity index (χ1n) is 5.92. The predicted octanol–water partition coefficient (Wildman–Crippen LogP) is 3.97. The second-order valence-corrected chi connectivity index (χ2v) is 6.33. The largest absolute Gasteiger partial charge is 0.487 e. The number of carbonyl (C=O) groups excluding carboxylic acids is 1. The molecule has 0 saturated heterocycles. The maximum atomic E-state index is 11.0. The highest BCUT2D eigenvalue weighted by Gasteiger charge is 2.19. The Labute approximate surface area is 104 Å². The molecule has 2 nitrogen and oxygen atoms in total. The molecule has 94 valence electrons. The second-order valence-electron chi connectivity index (χ2n) is 6.33. The van der Waals surface area contributed by atoms with Gasteiger partial charge in [-0.15, -0.1) is 0 Å². The molecule has 0 aliphatic heterocycles. The molecule has 0 atom stereocenters. The number of hydrogen-bond donors (Lipinski definition) is 0. The first-order valence-corrected chi connectivity index (χ1v) is 5.92. The standard InChI is InChI=1S/C15H22O2/c1-14(2,3)12-8-7-11(10-16)13(9-12)17-15(4,5)6/h7-10H,1-6H3. The van der Waals surface area contributed by atoms with Crippen molar-refractivity contribution >= 4 is 6.29 Å². The van der Waals surface area contributed by atoms with Crippen LogP contribution in [0.15, 0.2) is 18.2 Å². The van der Waals surface area contributed by atoms with Crippen LogP contribution in [-0.2, 0) is 5.41 Å². The molecular formula is C15H22O2. The summed E-state index contributed by atoms with van der Waals surface area (Å²) in [4.78, 5) is 11.0. The van der Waals surface area contributed by atoms with E-state index in [1.807, 2.05) is 39.0 Å². The zero-order valence-corrected chi connectivity index (χ0v) is 11.6. The van der Waals surface area contributed by atoms with E-state index >= 15 is 0 Å². The summed E-state index contributed by atoms with van der Waals surface area (Å²) in [5.74, 6) is 0.667. The smallest absolute Gasteiger partial charge is 0.153 e. The van der Waals surface area contributed by atoms with Crippen LogP contribution in [0.25, 0.3) is 0 Å². The Morgan fingerprint density at radius 1 is 1.06 bits per heavy atom. The summed E-state index contributed by atoms with van der Waals surface area (Å²) in [6.07, 6.45) is 0.841. The van der Waals surface area contributed by atoms with E-state index < -0.39 is 0 Å². The quantitative estimate of drug-likeness (QED) is 0.724. The van der Waals surface area contributed by atoms with Gasteiger partial charge in [-0.05, 0) is 43.9 Å². The van der Waals surface area contributed by atoms with E-state index in [1.54, 1.807) is 0 Å².